The molecule has 1 aromatic carbocycles. The van der Waals surface area contributed by atoms with Crippen LogP contribution in [0.4, 0.5) is 0 Å². The van der Waals surface area contributed by atoms with Crippen LogP contribution in [0.25, 0.3) is 5.57 Å². The van der Waals surface area contributed by atoms with E-state index in [1.54, 1.807) is 12.1 Å². The van der Waals surface area contributed by atoms with Gasteiger partial charge < -0.3 is 20.3 Å². The van der Waals surface area contributed by atoms with Crippen LogP contribution in [0.1, 0.15) is 108 Å². The number of ether oxygens (including phenoxy) is 1. The number of hydrogen-bond donors (Lipinski definition) is 3. The molecule has 1 heterocycles. The first-order chi connectivity index (χ1) is 23.7. The number of nitrogens with one attached hydrogen (secondary N) is 1. The van der Waals surface area contributed by atoms with E-state index in [0.29, 0.717) is 23.3 Å². The second-order valence-electron chi connectivity index (χ2n) is 18.5. The van der Waals surface area contributed by atoms with Crippen molar-refractivity contribution in [2.75, 3.05) is 45.9 Å². The van der Waals surface area contributed by atoms with Crippen LogP contribution in [0.2, 0.25) is 0 Å². The molecule has 1 saturated heterocycles. The predicted octanol–water partition coefficient (Wildman–Crippen LogP) is 8.02. The molecule has 7 rings (SSSR count). The second kappa shape index (κ2) is 12.9. The summed E-state index contributed by atoms with van der Waals surface area (Å²) < 4.78 is 5.51. The van der Waals surface area contributed by atoms with Crippen molar-refractivity contribution in [3.63, 3.8) is 0 Å². The fraction of sp³-hybridized carbons (Fsp3) is 0.721. The van der Waals surface area contributed by atoms with E-state index in [1.807, 2.05) is 12.1 Å². The van der Waals surface area contributed by atoms with E-state index in [-0.39, 0.29) is 33.5 Å². The van der Waals surface area contributed by atoms with Crippen molar-refractivity contribution in [2.24, 2.45) is 56.7 Å². The summed E-state index contributed by atoms with van der Waals surface area (Å²) in [6, 6.07) is 7.49. The van der Waals surface area contributed by atoms with Gasteiger partial charge in [-0.25, -0.2) is 4.79 Å². The monoisotopic (exact) mass is 686 g/mol. The molecule has 274 valence electrons. The molecular formula is C43H62N2O5. The van der Waals surface area contributed by atoms with Crippen LogP contribution in [-0.2, 0) is 9.53 Å². The predicted molar refractivity (Wildman–Crippen MR) is 198 cm³/mol. The summed E-state index contributed by atoms with van der Waals surface area (Å²) in [4.78, 5) is 27.3. The largest absolute Gasteiger partial charge is 0.481 e. The maximum Gasteiger partial charge on any atom is 0.335 e. The van der Waals surface area contributed by atoms with Crippen molar-refractivity contribution >= 4 is 17.5 Å². The minimum absolute atomic E-state index is 0.0368. The Hall–Kier alpha value is -2.48. The minimum atomic E-state index is -0.885. The molecule has 50 heavy (non-hydrogen) atoms. The molecule has 1 aromatic rings. The Kier molecular flexibility index (Phi) is 9.25. The molecule has 5 fully saturated rings. The maximum atomic E-state index is 13.3. The highest BCUT2D eigenvalue weighted by Crippen LogP contribution is 2.77. The number of hydrogen-bond acceptors (Lipinski definition) is 5. The zero-order chi connectivity index (χ0) is 35.7. The number of fused-ring (bicyclic) bond motifs is 7. The number of rotatable bonds is 9. The quantitative estimate of drug-likeness (QED) is 0.179. The van der Waals surface area contributed by atoms with Gasteiger partial charge in [0.2, 0.25) is 0 Å². The summed E-state index contributed by atoms with van der Waals surface area (Å²) in [6.07, 6.45) is 11.7. The first-order valence-electron chi connectivity index (χ1n) is 19.7. The molecule has 0 radical (unpaired) electrons. The Morgan fingerprint density at radius 1 is 0.900 bits per heavy atom. The Morgan fingerprint density at radius 3 is 2.30 bits per heavy atom. The van der Waals surface area contributed by atoms with Crippen LogP contribution < -0.4 is 5.32 Å². The van der Waals surface area contributed by atoms with Gasteiger partial charge in [0.25, 0.3) is 0 Å². The third kappa shape index (κ3) is 5.38. The average Bonchev–Trinajstić information content (AvgIpc) is 3.49. The van der Waals surface area contributed by atoms with Crippen LogP contribution in [0.15, 0.2) is 42.5 Å². The van der Waals surface area contributed by atoms with Crippen LogP contribution >= 0.6 is 0 Å². The number of benzene rings is 1. The summed E-state index contributed by atoms with van der Waals surface area (Å²) in [5, 5.41) is 24.1. The third-order valence-electron chi connectivity index (χ3n) is 16.5. The van der Waals surface area contributed by atoms with Crippen LogP contribution in [0.3, 0.4) is 0 Å². The molecule has 0 amide bonds. The average molecular weight is 687 g/mol. The molecule has 0 bridgehead atoms. The molecular weight excluding hydrogens is 624 g/mol. The lowest BCUT2D eigenvalue weighted by Gasteiger charge is -2.72. The van der Waals surface area contributed by atoms with E-state index in [1.165, 1.54) is 30.4 Å². The standard InChI is InChI=1S/C43H62N2O5/c1-28(27-44-21-22-45-23-25-50-26-24-45)31-13-18-43(38(48)49)20-19-41(5)33(36(31)43)11-12-35-40(4)16-14-32(29-7-9-30(10-8-29)37(46)47)39(2,3)34(40)15-17-42(35,41)6/h7-10,14,31,33-36,44H,1,11-13,15-27H2,2-6H3,(H,46,47)(H,48,49)/t31-,33+,34-,35+,36+,40-,41+,42+,43-/m0/s1. The summed E-state index contributed by atoms with van der Waals surface area (Å²) in [5.74, 6) is 0.446. The number of aromatic carboxylic acids is 1. The number of aliphatic carboxylic acids is 1. The van der Waals surface area contributed by atoms with Gasteiger partial charge in [-0.05, 0) is 132 Å². The van der Waals surface area contributed by atoms with Gasteiger partial charge in [0.15, 0.2) is 0 Å². The van der Waals surface area contributed by atoms with Gasteiger partial charge in [-0.1, -0.05) is 65.0 Å². The topological polar surface area (TPSA) is 99.1 Å². The molecule has 0 unspecified atom stereocenters. The molecule has 6 aliphatic rings. The van der Waals surface area contributed by atoms with Gasteiger partial charge in [-0.2, -0.15) is 0 Å². The number of carbonyl (C=O) groups is 2. The summed E-state index contributed by atoms with van der Waals surface area (Å²) >= 11 is 0. The Morgan fingerprint density at radius 2 is 1.62 bits per heavy atom. The fourth-order valence-electron chi connectivity index (χ4n) is 13.8. The smallest absolute Gasteiger partial charge is 0.335 e. The van der Waals surface area contributed by atoms with Crippen molar-refractivity contribution in [1.82, 2.24) is 10.2 Å². The number of nitrogens with zero attached hydrogens (tertiary/aromatic N) is 1. The zero-order valence-electron chi connectivity index (χ0n) is 31.4. The van der Waals surface area contributed by atoms with Crippen molar-refractivity contribution < 1.29 is 24.5 Å². The molecule has 9 atom stereocenters. The van der Waals surface area contributed by atoms with Gasteiger partial charge in [0.1, 0.15) is 0 Å². The maximum absolute atomic E-state index is 13.3. The molecule has 7 heteroatoms. The summed E-state index contributed by atoms with van der Waals surface area (Å²) in [7, 11) is 0. The fourth-order valence-corrected chi connectivity index (χ4v) is 13.8. The van der Waals surface area contributed by atoms with E-state index in [9.17, 15) is 19.8 Å². The van der Waals surface area contributed by atoms with Crippen LogP contribution in [0, 0.1) is 56.7 Å². The SMILES string of the molecule is C=C(CNCCN1CCOCC1)[C@@H]1CC[C@]2(C(=O)O)CC[C@]3(C)[C@H](CC[C@@H]4[C@@]5(C)CC=C(c6ccc(C(=O)O)cc6)C(C)(C)[C@@H]5CC[C@]43C)[C@@H]12. The zero-order valence-corrected chi connectivity index (χ0v) is 31.4. The van der Waals surface area contributed by atoms with Gasteiger partial charge in [-0.3, -0.25) is 9.69 Å². The number of carboxylic acid groups (broad SMARTS) is 2. The Balaban J connectivity index is 1.13. The molecule has 7 nitrogen and oxygen atoms in total. The number of morpholine rings is 1. The van der Waals surface area contributed by atoms with Crippen LogP contribution in [-0.4, -0.2) is 73.0 Å². The summed E-state index contributed by atoms with van der Waals surface area (Å²) in [6.45, 7) is 23.6. The lowest BCUT2D eigenvalue weighted by atomic mass is 9.32. The molecule has 5 aliphatic carbocycles. The summed E-state index contributed by atoms with van der Waals surface area (Å²) in [5.41, 5.74) is 3.76. The van der Waals surface area contributed by atoms with E-state index in [0.717, 1.165) is 90.0 Å². The molecule has 0 spiro atoms. The first-order valence-corrected chi connectivity index (χ1v) is 19.7. The van der Waals surface area contributed by atoms with Gasteiger partial charge in [0, 0.05) is 32.7 Å². The highest BCUT2D eigenvalue weighted by atomic mass is 16.5. The molecule has 1 aliphatic heterocycles. The van der Waals surface area contributed by atoms with E-state index < -0.39 is 17.4 Å². The van der Waals surface area contributed by atoms with E-state index in [2.05, 4.69) is 57.5 Å². The Bertz CT molecular complexity index is 1530. The van der Waals surface area contributed by atoms with Crippen LogP contribution in [0.5, 0.6) is 0 Å². The van der Waals surface area contributed by atoms with E-state index in [4.69, 9.17) is 4.74 Å². The van der Waals surface area contributed by atoms with Crippen molar-refractivity contribution in [2.45, 2.75) is 92.4 Å². The number of allylic oxidation sites excluding steroid dienone is 2. The van der Waals surface area contributed by atoms with Gasteiger partial charge >= 0.3 is 11.9 Å². The van der Waals surface area contributed by atoms with Gasteiger partial charge in [0.05, 0.1) is 24.2 Å². The lowest BCUT2D eigenvalue weighted by Crippen LogP contribution is -2.66. The normalized spacial score (nSPS) is 40.8. The molecule has 4 saturated carbocycles. The second-order valence-corrected chi connectivity index (χ2v) is 18.5. The van der Waals surface area contributed by atoms with Gasteiger partial charge in [-0.15, -0.1) is 0 Å². The molecule has 3 N–H and O–H groups in total. The Labute approximate surface area is 300 Å². The highest BCUT2D eigenvalue weighted by molar-refractivity contribution is 5.88. The first kappa shape index (κ1) is 35.9. The lowest BCUT2D eigenvalue weighted by molar-refractivity contribution is -0.227. The van der Waals surface area contributed by atoms with Crippen molar-refractivity contribution in [1.29, 1.82) is 0 Å². The van der Waals surface area contributed by atoms with Crippen molar-refractivity contribution in [3.8, 4) is 0 Å². The molecule has 0 aromatic heterocycles. The van der Waals surface area contributed by atoms with E-state index >= 15 is 0 Å². The highest BCUT2D eigenvalue weighted by Gasteiger charge is 2.71. The number of carboxylic acids is 2. The minimum Gasteiger partial charge on any atom is -0.481 e. The third-order valence-corrected chi connectivity index (χ3v) is 16.5. The van der Waals surface area contributed by atoms with Crippen molar-refractivity contribution in [3.05, 3.63) is 53.6 Å².